The van der Waals surface area contributed by atoms with Crippen LogP contribution in [0.4, 0.5) is 0 Å². The van der Waals surface area contributed by atoms with E-state index in [0.29, 0.717) is 5.78 Å². The van der Waals surface area contributed by atoms with E-state index >= 15 is 0 Å². The van der Waals surface area contributed by atoms with Crippen LogP contribution in [0.3, 0.4) is 0 Å². The summed E-state index contributed by atoms with van der Waals surface area (Å²) >= 11 is 0. The molecule has 1 aliphatic rings. The lowest BCUT2D eigenvalue weighted by Gasteiger charge is -2.36. The van der Waals surface area contributed by atoms with E-state index in [4.69, 9.17) is 0 Å². The lowest BCUT2D eigenvalue weighted by molar-refractivity contribution is -0.134. The van der Waals surface area contributed by atoms with Crippen molar-refractivity contribution in [3.63, 3.8) is 0 Å². The molecule has 18 heavy (non-hydrogen) atoms. The molecule has 0 amide bonds. The molecule has 0 aromatic heterocycles. The molecule has 3 atom stereocenters. The van der Waals surface area contributed by atoms with E-state index in [1.165, 1.54) is 0 Å². The minimum absolute atomic E-state index is 0.0676. The zero-order valence-corrected chi connectivity index (χ0v) is 12.5. The molecule has 0 saturated carbocycles. The van der Waals surface area contributed by atoms with E-state index < -0.39 is 0 Å². The average Bonchev–Trinajstić information content (AvgIpc) is 2.31. The van der Waals surface area contributed by atoms with Gasteiger partial charge in [0, 0.05) is 11.3 Å². The maximum absolute atomic E-state index is 12.6. The number of ketones is 2. The number of allylic oxidation sites excluding steroid dienone is 2. The molecule has 0 bridgehead atoms. The highest BCUT2D eigenvalue weighted by Crippen LogP contribution is 2.39. The summed E-state index contributed by atoms with van der Waals surface area (Å²) in [6.45, 7) is 11.9. The van der Waals surface area contributed by atoms with Gasteiger partial charge in [-0.1, -0.05) is 40.7 Å². The van der Waals surface area contributed by atoms with Gasteiger partial charge < -0.3 is 0 Å². The first-order valence-corrected chi connectivity index (χ1v) is 6.97. The third-order valence-electron chi connectivity index (χ3n) is 4.80. The van der Waals surface area contributed by atoms with Crippen LogP contribution in [0, 0.1) is 23.2 Å². The Hall–Kier alpha value is -0.920. The average molecular weight is 250 g/mol. The molecule has 0 spiro atoms. The van der Waals surface area contributed by atoms with E-state index in [0.717, 1.165) is 18.4 Å². The third kappa shape index (κ3) is 2.73. The fourth-order valence-corrected chi connectivity index (χ4v) is 2.77. The Labute approximate surface area is 111 Å². The largest absolute Gasteiger partial charge is 0.299 e. The van der Waals surface area contributed by atoms with Gasteiger partial charge in [-0.3, -0.25) is 9.59 Å². The van der Waals surface area contributed by atoms with Crippen LogP contribution in [0.25, 0.3) is 0 Å². The van der Waals surface area contributed by atoms with E-state index in [9.17, 15) is 9.59 Å². The summed E-state index contributed by atoms with van der Waals surface area (Å²) in [4.78, 5) is 24.1. The first-order valence-electron chi connectivity index (χ1n) is 6.97. The topological polar surface area (TPSA) is 34.1 Å². The van der Waals surface area contributed by atoms with E-state index in [-0.39, 0.29) is 29.0 Å². The summed E-state index contributed by atoms with van der Waals surface area (Å²) in [5.74, 6) is 1.02. The second-order valence-electron chi connectivity index (χ2n) is 6.31. The van der Waals surface area contributed by atoms with Gasteiger partial charge in [-0.25, -0.2) is 0 Å². The quantitative estimate of drug-likeness (QED) is 0.760. The maximum Gasteiger partial charge on any atom is 0.155 e. The van der Waals surface area contributed by atoms with E-state index in [1.807, 2.05) is 19.9 Å². The van der Waals surface area contributed by atoms with Crippen molar-refractivity contribution in [2.75, 3.05) is 0 Å². The minimum atomic E-state index is -0.250. The van der Waals surface area contributed by atoms with Crippen LogP contribution in [0.1, 0.15) is 54.4 Å². The highest BCUT2D eigenvalue weighted by atomic mass is 16.1. The molecule has 0 aliphatic heterocycles. The molecule has 102 valence electrons. The van der Waals surface area contributed by atoms with Crippen LogP contribution >= 0.6 is 0 Å². The number of rotatable bonds is 4. The molecule has 3 unspecified atom stereocenters. The van der Waals surface area contributed by atoms with Gasteiger partial charge in [0.2, 0.25) is 0 Å². The summed E-state index contributed by atoms with van der Waals surface area (Å²) < 4.78 is 0. The number of hydrogen-bond acceptors (Lipinski definition) is 2. The summed E-state index contributed by atoms with van der Waals surface area (Å²) in [6, 6.07) is 0. The predicted molar refractivity (Wildman–Crippen MR) is 74.3 cm³/mol. The molecule has 1 rings (SSSR count). The normalized spacial score (nSPS) is 28.8. The zero-order chi connectivity index (χ0) is 14.1. The Morgan fingerprint density at radius 3 is 2.33 bits per heavy atom. The second-order valence-corrected chi connectivity index (χ2v) is 6.31. The molecule has 0 aromatic carbocycles. The number of Topliss-reactive ketones (excluding diaryl/α,β-unsaturated/α-hetero) is 2. The van der Waals surface area contributed by atoms with Crippen LogP contribution in [-0.4, -0.2) is 11.6 Å². The molecule has 0 heterocycles. The molecule has 2 heteroatoms. The van der Waals surface area contributed by atoms with Gasteiger partial charge in [0.25, 0.3) is 0 Å². The van der Waals surface area contributed by atoms with Crippen molar-refractivity contribution in [1.29, 1.82) is 0 Å². The summed E-state index contributed by atoms with van der Waals surface area (Å²) in [6.07, 6.45) is 3.58. The molecule has 0 saturated heterocycles. The van der Waals surface area contributed by atoms with Crippen molar-refractivity contribution >= 4 is 11.6 Å². The SMILES string of the molecule is CCC(C)(C)C(=O)C1CC=C(C(C)=O)C(C)C1C. The Bertz CT molecular complexity index is 377. The van der Waals surface area contributed by atoms with E-state index in [1.54, 1.807) is 6.92 Å². The van der Waals surface area contributed by atoms with Crippen molar-refractivity contribution in [2.24, 2.45) is 23.2 Å². The zero-order valence-electron chi connectivity index (χ0n) is 12.5. The van der Waals surface area contributed by atoms with Crippen molar-refractivity contribution in [1.82, 2.24) is 0 Å². The van der Waals surface area contributed by atoms with Gasteiger partial charge in [-0.2, -0.15) is 0 Å². The molecular formula is C16H26O2. The Morgan fingerprint density at radius 1 is 1.33 bits per heavy atom. The Kier molecular flexibility index (Phi) is 4.52. The van der Waals surface area contributed by atoms with Gasteiger partial charge in [0.1, 0.15) is 5.78 Å². The molecule has 1 aliphatic carbocycles. The van der Waals surface area contributed by atoms with Crippen molar-refractivity contribution < 1.29 is 9.59 Å². The van der Waals surface area contributed by atoms with Gasteiger partial charge in [0.15, 0.2) is 5.78 Å². The maximum atomic E-state index is 12.6. The van der Waals surface area contributed by atoms with Crippen LogP contribution in [0.2, 0.25) is 0 Å². The highest BCUT2D eigenvalue weighted by Gasteiger charge is 2.39. The molecule has 0 N–H and O–H groups in total. The molecule has 0 radical (unpaired) electrons. The van der Waals surface area contributed by atoms with Crippen molar-refractivity contribution in [3.8, 4) is 0 Å². The summed E-state index contributed by atoms with van der Waals surface area (Å²) in [5, 5.41) is 0. The van der Waals surface area contributed by atoms with Crippen LogP contribution in [0.15, 0.2) is 11.6 Å². The standard InChI is InChI=1S/C16H26O2/c1-7-16(5,6)15(18)14-9-8-13(12(4)17)10(2)11(14)3/h8,10-11,14H,7,9H2,1-6H3. The van der Waals surface area contributed by atoms with Crippen molar-refractivity contribution in [3.05, 3.63) is 11.6 Å². The Balaban J connectivity index is 2.96. The predicted octanol–water partition coefficient (Wildman–Crippen LogP) is 3.80. The molecule has 0 fully saturated rings. The number of carbonyl (C=O) groups excluding carboxylic acids is 2. The third-order valence-corrected chi connectivity index (χ3v) is 4.80. The fraction of sp³-hybridized carbons (Fsp3) is 0.750. The number of hydrogen-bond donors (Lipinski definition) is 0. The van der Waals surface area contributed by atoms with Gasteiger partial charge in [0.05, 0.1) is 0 Å². The molecule has 0 aromatic rings. The monoisotopic (exact) mass is 250 g/mol. The second kappa shape index (κ2) is 5.38. The van der Waals surface area contributed by atoms with Gasteiger partial charge in [-0.15, -0.1) is 0 Å². The first-order chi connectivity index (χ1) is 8.22. The Morgan fingerprint density at radius 2 is 1.89 bits per heavy atom. The van der Waals surface area contributed by atoms with Crippen LogP contribution in [0.5, 0.6) is 0 Å². The van der Waals surface area contributed by atoms with E-state index in [2.05, 4.69) is 20.8 Å². The lowest BCUT2D eigenvalue weighted by Crippen LogP contribution is -2.38. The lowest BCUT2D eigenvalue weighted by atomic mass is 9.66. The van der Waals surface area contributed by atoms with Crippen molar-refractivity contribution in [2.45, 2.75) is 54.4 Å². The summed E-state index contributed by atoms with van der Waals surface area (Å²) in [5.41, 5.74) is 0.654. The number of carbonyl (C=O) groups is 2. The van der Waals surface area contributed by atoms with Gasteiger partial charge in [-0.05, 0) is 37.2 Å². The first kappa shape index (κ1) is 15.1. The van der Waals surface area contributed by atoms with Gasteiger partial charge >= 0.3 is 0 Å². The molecular weight excluding hydrogens is 224 g/mol. The highest BCUT2D eigenvalue weighted by molar-refractivity contribution is 5.95. The van der Waals surface area contributed by atoms with Crippen LogP contribution < -0.4 is 0 Å². The summed E-state index contributed by atoms with van der Waals surface area (Å²) in [7, 11) is 0. The molecule has 2 nitrogen and oxygen atoms in total. The minimum Gasteiger partial charge on any atom is -0.299 e. The fourth-order valence-electron chi connectivity index (χ4n) is 2.77. The smallest absolute Gasteiger partial charge is 0.155 e. The van der Waals surface area contributed by atoms with Crippen LogP contribution in [-0.2, 0) is 9.59 Å².